The Labute approximate surface area is 91.5 Å². The van der Waals surface area contributed by atoms with Gasteiger partial charge in [-0.15, -0.1) is 0 Å². The monoisotopic (exact) mass is 216 g/mol. The van der Waals surface area contributed by atoms with E-state index in [0.29, 0.717) is 5.75 Å². The third-order valence-corrected chi connectivity index (χ3v) is 2.51. The molecule has 0 spiro atoms. The van der Waals surface area contributed by atoms with Gasteiger partial charge in [0.15, 0.2) is 6.73 Å². The van der Waals surface area contributed by atoms with Gasteiger partial charge in [0, 0.05) is 12.2 Å². The van der Waals surface area contributed by atoms with Gasteiger partial charge < -0.3 is 4.74 Å². The first-order valence-corrected chi connectivity index (χ1v) is 4.83. The summed E-state index contributed by atoms with van der Waals surface area (Å²) in [5, 5.41) is 2.60. The van der Waals surface area contributed by atoms with Crippen molar-refractivity contribution in [3.05, 3.63) is 36.4 Å². The van der Waals surface area contributed by atoms with E-state index in [-0.39, 0.29) is 18.5 Å². The van der Waals surface area contributed by atoms with Gasteiger partial charge in [0.1, 0.15) is 11.4 Å². The molecule has 0 aromatic heterocycles. The van der Waals surface area contributed by atoms with E-state index in [9.17, 15) is 9.59 Å². The smallest absolute Gasteiger partial charge is 0.272 e. The van der Waals surface area contributed by atoms with Crippen molar-refractivity contribution < 1.29 is 14.3 Å². The molecule has 0 saturated heterocycles. The van der Waals surface area contributed by atoms with Crippen LogP contribution in [0.5, 0.6) is 5.75 Å². The van der Waals surface area contributed by atoms with Crippen molar-refractivity contribution in [1.82, 2.24) is 5.01 Å². The van der Waals surface area contributed by atoms with Crippen LogP contribution in [0.1, 0.15) is 0 Å². The van der Waals surface area contributed by atoms with Gasteiger partial charge in [0.05, 0.1) is 0 Å². The van der Waals surface area contributed by atoms with Crippen LogP contribution in [-0.2, 0) is 9.59 Å². The van der Waals surface area contributed by atoms with Crippen LogP contribution in [0.15, 0.2) is 36.4 Å². The molecular weight excluding hydrogens is 208 g/mol. The largest absolute Gasteiger partial charge is 0.469 e. The number of carbonyl (C=O) groups excluding carboxylic acids is 2. The molecule has 80 valence electrons. The number of hydrogen-bond donors (Lipinski definition) is 0. The molecule has 1 aromatic carbocycles. The second-order valence-electron chi connectivity index (χ2n) is 3.46. The molecule has 2 heterocycles. The van der Waals surface area contributed by atoms with E-state index in [4.69, 9.17) is 4.74 Å². The highest BCUT2D eigenvalue weighted by Gasteiger charge is 2.34. The topological polar surface area (TPSA) is 49.9 Å². The third kappa shape index (κ3) is 1.11. The Hall–Kier alpha value is -2.30. The maximum Gasteiger partial charge on any atom is 0.272 e. The summed E-state index contributed by atoms with van der Waals surface area (Å²) in [5.41, 5.74) is 0.730. The predicted molar refractivity (Wildman–Crippen MR) is 55.4 cm³/mol. The van der Waals surface area contributed by atoms with Crippen LogP contribution < -0.4 is 9.75 Å². The fraction of sp³-hybridized carbons (Fsp3) is 0.0909. The minimum absolute atomic E-state index is 0.179. The summed E-state index contributed by atoms with van der Waals surface area (Å²) in [6, 6.07) is 7.28. The fourth-order valence-electron chi connectivity index (χ4n) is 1.79. The highest BCUT2D eigenvalue weighted by atomic mass is 16.5. The minimum Gasteiger partial charge on any atom is -0.469 e. The number of nitrogens with zero attached hydrogens (tertiary/aromatic N) is 2. The number of amides is 2. The van der Waals surface area contributed by atoms with Crippen molar-refractivity contribution in [2.45, 2.75) is 0 Å². The van der Waals surface area contributed by atoms with E-state index in [0.717, 1.165) is 10.7 Å². The van der Waals surface area contributed by atoms with Gasteiger partial charge in [-0.05, 0) is 12.1 Å². The molecule has 0 atom stereocenters. The molecule has 0 aliphatic carbocycles. The number of anilines is 1. The third-order valence-electron chi connectivity index (χ3n) is 2.51. The van der Waals surface area contributed by atoms with E-state index < -0.39 is 0 Å². The lowest BCUT2D eigenvalue weighted by atomic mass is 10.3. The van der Waals surface area contributed by atoms with Gasteiger partial charge >= 0.3 is 0 Å². The number of hydrazine groups is 1. The first-order chi connectivity index (χ1) is 7.77. The Balaban J connectivity index is 1.99. The van der Waals surface area contributed by atoms with Crippen LogP contribution in [0, 0.1) is 0 Å². The molecule has 1 aromatic rings. The molecule has 16 heavy (non-hydrogen) atoms. The molecule has 5 nitrogen and oxygen atoms in total. The average molecular weight is 216 g/mol. The second-order valence-corrected chi connectivity index (χ2v) is 3.46. The summed E-state index contributed by atoms with van der Waals surface area (Å²) in [7, 11) is 0. The summed E-state index contributed by atoms with van der Waals surface area (Å²) in [5.74, 6) is -0.00870. The summed E-state index contributed by atoms with van der Waals surface area (Å²) >= 11 is 0. The molecule has 2 aliphatic rings. The molecule has 2 amide bonds. The Morgan fingerprint density at radius 2 is 1.75 bits per heavy atom. The SMILES string of the molecule is O=C1C=CC(=O)N1N1COc2ccccc21. The lowest BCUT2D eigenvalue weighted by Gasteiger charge is -2.25. The molecule has 0 unspecified atom stereocenters. The fourth-order valence-corrected chi connectivity index (χ4v) is 1.79. The van der Waals surface area contributed by atoms with Crippen molar-refractivity contribution >= 4 is 17.5 Å². The van der Waals surface area contributed by atoms with Crippen LogP contribution >= 0.6 is 0 Å². The number of benzene rings is 1. The summed E-state index contributed by atoms with van der Waals surface area (Å²) in [4.78, 5) is 23.0. The molecule has 0 bridgehead atoms. The minimum atomic E-state index is -0.342. The summed E-state index contributed by atoms with van der Waals surface area (Å²) in [6.45, 7) is 0.179. The Morgan fingerprint density at radius 1 is 1.06 bits per heavy atom. The van der Waals surface area contributed by atoms with E-state index in [1.54, 1.807) is 12.1 Å². The van der Waals surface area contributed by atoms with Gasteiger partial charge in [-0.25, -0.2) is 5.01 Å². The van der Waals surface area contributed by atoms with Crippen molar-refractivity contribution in [3.8, 4) is 5.75 Å². The number of fused-ring (bicyclic) bond motifs is 1. The Bertz CT molecular complexity index is 492. The van der Waals surface area contributed by atoms with Gasteiger partial charge in [-0.1, -0.05) is 12.1 Å². The zero-order valence-electron chi connectivity index (χ0n) is 8.29. The van der Waals surface area contributed by atoms with Crippen LogP contribution in [-0.4, -0.2) is 23.6 Å². The zero-order valence-corrected chi connectivity index (χ0v) is 8.29. The Kier molecular flexibility index (Phi) is 1.73. The van der Waals surface area contributed by atoms with E-state index >= 15 is 0 Å². The normalized spacial score (nSPS) is 18.0. The highest BCUT2D eigenvalue weighted by Crippen LogP contribution is 2.34. The molecule has 5 heteroatoms. The molecular formula is C11H8N2O3. The number of rotatable bonds is 1. The number of carbonyl (C=O) groups is 2. The zero-order chi connectivity index (χ0) is 11.1. The van der Waals surface area contributed by atoms with E-state index in [1.165, 1.54) is 17.2 Å². The highest BCUT2D eigenvalue weighted by molar-refractivity contribution is 6.14. The number of ether oxygens (including phenoxy) is 1. The first-order valence-electron chi connectivity index (χ1n) is 4.83. The van der Waals surface area contributed by atoms with Gasteiger partial charge in [0.25, 0.3) is 11.8 Å². The van der Waals surface area contributed by atoms with Crippen molar-refractivity contribution in [3.63, 3.8) is 0 Å². The summed E-state index contributed by atoms with van der Waals surface area (Å²) < 4.78 is 5.37. The van der Waals surface area contributed by atoms with E-state index in [2.05, 4.69) is 0 Å². The predicted octanol–water partition coefficient (Wildman–Crippen LogP) is 0.683. The average Bonchev–Trinajstić information content (AvgIpc) is 2.83. The van der Waals surface area contributed by atoms with Crippen molar-refractivity contribution in [2.75, 3.05) is 11.7 Å². The Morgan fingerprint density at radius 3 is 2.50 bits per heavy atom. The standard InChI is InChI=1S/C11H8N2O3/c14-10-5-6-11(15)13(10)12-7-16-9-4-2-1-3-8(9)12/h1-6H,7H2. The lowest BCUT2D eigenvalue weighted by molar-refractivity contribution is -0.137. The van der Waals surface area contributed by atoms with Crippen molar-refractivity contribution in [2.24, 2.45) is 0 Å². The number of imide groups is 1. The summed E-state index contributed by atoms with van der Waals surface area (Å²) in [6.07, 6.45) is 2.51. The van der Waals surface area contributed by atoms with Crippen LogP contribution in [0.4, 0.5) is 5.69 Å². The first kappa shape index (κ1) is 8.96. The van der Waals surface area contributed by atoms with Crippen LogP contribution in [0.3, 0.4) is 0 Å². The van der Waals surface area contributed by atoms with Gasteiger partial charge in [-0.3, -0.25) is 9.59 Å². The maximum absolute atomic E-state index is 11.5. The quantitative estimate of drug-likeness (QED) is 0.648. The van der Waals surface area contributed by atoms with Gasteiger partial charge in [0.2, 0.25) is 0 Å². The maximum atomic E-state index is 11.5. The van der Waals surface area contributed by atoms with Crippen molar-refractivity contribution in [1.29, 1.82) is 0 Å². The lowest BCUT2D eigenvalue weighted by Crippen LogP contribution is -2.46. The number of hydrogen-bond acceptors (Lipinski definition) is 4. The van der Waals surface area contributed by atoms with E-state index in [1.807, 2.05) is 12.1 Å². The van der Waals surface area contributed by atoms with Crippen LogP contribution in [0.2, 0.25) is 0 Å². The molecule has 3 rings (SSSR count). The van der Waals surface area contributed by atoms with Crippen LogP contribution in [0.25, 0.3) is 0 Å². The second kappa shape index (κ2) is 3.10. The molecule has 0 N–H and O–H groups in total. The molecule has 0 saturated carbocycles. The molecule has 0 radical (unpaired) electrons. The molecule has 0 fully saturated rings. The number of para-hydroxylation sites is 2. The van der Waals surface area contributed by atoms with Gasteiger partial charge in [-0.2, -0.15) is 5.01 Å². The molecule has 2 aliphatic heterocycles.